The second-order valence-corrected chi connectivity index (χ2v) is 8.90. The van der Waals surface area contributed by atoms with Gasteiger partial charge in [0.05, 0.1) is 29.2 Å². The molecule has 1 aromatic heterocycles. The Labute approximate surface area is 153 Å². The molecule has 2 aliphatic heterocycles. The zero-order valence-corrected chi connectivity index (χ0v) is 15.4. The van der Waals surface area contributed by atoms with Gasteiger partial charge in [-0.2, -0.15) is 5.26 Å². The van der Waals surface area contributed by atoms with E-state index in [0.29, 0.717) is 31.5 Å². The second kappa shape index (κ2) is 7.60. The topological polar surface area (TPSA) is 112 Å². The monoisotopic (exact) mass is 378 g/mol. The summed E-state index contributed by atoms with van der Waals surface area (Å²) in [6.45, 7) is 1.38. The maximum atomic E-state index is 12.5. The van der Waals surface area contributed by atoms with Gasteiger partial charge in [-0.25, -0.2) is 13.4 Å². The van der Waals surface area contributed by atoms with E-state index in [-0.39, 0.29) is 23.3 Å². The van der Waals surface area contributed by atoms with Gasteiger partial charge >= 0.3 is 0 Å². The molecule has 0 saturated carbocycles. The molecule has 1 N–H and O–H groups in total. The summed E-state index contributed by atoms with van der Waals surface area (Å²) in [5.74, 6) is 0.430. The molecule has 2 aliphatic rings. The highest BCUT2D eigenvalue weighted by molar-refractivity contribution is 7.91. The van der Waals surface area contributed by atoms with E-state index in [1.165, 1.54) is 7.11 Å². The van der Waals surface area contributed by atoms with Crippen molar-refractivity contribution in [2.75, 3.05) is 36.6 Å². The van der Waals surface area contributed by atoms with E-state index in [1.54, 1.807) is 12.3 Å². The SMILES string of the molecule is COC1CS(=O)(=O)CC1NC(=O)C1CCN(c2ccc(C#N)cn2)CC1. The van der Waals surface area contributed by atoms with E-state index in [9.17, 15) is 13.2 Å². The Bertz CT molecular complexity index is 795. The molecule has 8 nitrogen and oxygen atoms in total. The molecular weight excluding hydrogens is 356 g/mol. The lowest BCUT2D eigenvalue weighted by Crippen LogP contribution is -2.48. The second-order valence-electron chi connectivity index (χ2n) is 6.74. The van der Waals surface area contributed by atoms with Crippen molar-refractivity contribution in [1.82, 2.24) is 10.3 Å². The standard InChI is InChI=1S/C17H22N4O4S/c1-25-15-11-26(23,24)10-14(15)20-17(22)13-4-6-21(7-5-13)16-3-2-12(8-18)9-19-16/h2-3,9,13-15H,4-7,10-11H2,1H3,(H,20,22). The molecule has 0 aliphatic carbocycles. The summed E-state index contributed by atoms with van der Waals surface area (Å²) in [5, 5.41) is 11.7. The number of hydrogen-bond acceptors (Lipinski definition) is 7. The van der Waals surface area contributed by atoms with Crippen molar-refractivity contribution in [2.24, 2.45) is 5.92 Å². The number of nitrogens with zero attached hydrogens (tertiary/aromatic N) is 3. The molecule has 0 aromatic carbocycles. The van der Waals surface area contributed by atoms with Gasteiger partial charge in [0.15, 0.2) is 9.84 Å². The van der Waals surface area contributed by atoms with Crippen LogP contribution in [0, 0.1) is 17.2 Å². The lowest BCUT2D eigenvalue weighted by molar-refractivity contribution is -0.126. The van der Waals surface area contributed by atoms with Crippen LogP contribution in [0.2, 0.25) is 0 Å². The Balaban J connectivity index is 1.54. The fourth-order valence-electron chi connectivity index (χ4n) is 3.49. The minimum Gasteiger partial charge on any atom is -0.378 e. The fourth-order valence-corrected chi connectivity index (χ4v) is 5.34. The van der Waals surface area contributed by atoms with Crippen LogP contribution in [-0.2, 0) is 19.4 Å². The van der Waals surface area contributed by atoms with Crippen LogP contribution in [-0.4, -0.2) is 63.2 Å². The van der Waals surface area contributed by atoms with E-state index < -0.39 is 22.0 Å². The van der Waals surface area contributed by atoms with Gasteiger partial charge in [-0.3, -0.25) is 4.79 Å². The summed E-state index contributed by atoms with van der Waals surface area (Å²) in [6.07, 6.45) is 2.40. The minimum atomic E-state index is -3.16. The van der Waals surface area contributed by atoms with Gasteiger partial charge in [-0.05, 0) is 25.0 Å². The zero-order chi connectivity index (χ0) is 18.7. The van der Waals surface area contributed by atoms with Crippen LogP contribution in [0.5, 0.6) is 0 Å². The van der Waals surface area contributed by atoms with Crippen molar-refractivity contribution < 1.29 is 17.9 Å². The number of nitriles is 1. The Hall–Kier alpha value is -2.18. The van der Waals surface area contributed by atoms with Gasteiger partial charge in [0, 0.05) is 32.3 Å². The number of rotatable bonds is 4. The Morgan fingerprint density at radius 1 is 1.35 bits per heavy atom. The first-order chi connectivity index (χ1) is 12.4. The summed E-state index contributed by atoms with van der Waals surface area (Å²) in [5.41, 5.74) is 0.516. The number of carbonyl (C=O) groups is 1. The Morgan fingerprint density at radius 2 is 2.08 bits per heavy atom. The maximum Gasteiger partial charge on any atom is 0.223 e. The van der Waals surface area contributed by atoms with Crippen molar-refractivity contribution in [3.8, 4) is 6.07 Å². The number of carbonyl (C=O) groups excluding carboxylic acids is 1. The molecule has 26 heavy (non-hydrogen) atoms. The Kier molecular flexibility index (Phi) is 5.44. The first-order valence-electron chi connectivity index (χ1n) is 8.56. The van der Waals surface area contributed by atoms with Crippen LogP contribution < -0.4 is 10.2 Å². The van der Waals surface area contributed by atoms with Crippen molar-refractivity contribution in [2.45, 2.75) is 25.0 Å². The van der Waals surface area contributed by atoms with Crippen molar-refractivity contribution >= 4 is 21.6 Å². The van der Waals surface area contributed by atoms with Crippen LogP contribution in [0.25, 0.3) is 0 Å². The molecule has 1 aromatic rings. The molecule has 2 atom stereocenters. The smallest absolute Gasteiger partial charge is 0.223 e. The molecule has 0 spiro atoms. The van der Waals surface area contributed by atoms with E-state index in [0.717, 1.165) is 5.82 Å². The quantitative estimate of drug-likeness (QED) is 0.790. The van der Waals surface area contributed by atoms with Gasteiger partial charge in [-0.1, -0.05) is 0 Å². The zero-order valence-electron chi connectivity index (χ0n) is 14.6. The summed E-state index contributed by atoms with van der Waals surface area (Å²) in [6, 6.07) is 5.10. The van der Waals surface area contributed by atoms with Crippen LogP contribution in [0.4, 0.5) is 5.82 Å². The largest absolute Gasteiger partial charge is 0.378 e. The highest BCUT2D eigenvalue weighted by atomic mass is 32.2. The number of piperidine rings is 1. The molecule has 0 radical (unpaired) electrons. The first kappa shape index (κ1) is 18.6. The van der Waals surface area contributed by atoms with Crippen molar-refractivity contribution in [3.05, 3.63) is 23.9 Å². The molecule has 140 valence electrons. The van der Waals surface area contributed by atoms with Gasteiger partial charge in [0.1, 0.15) is 11.9 Å². The number of aromatic nitrogens is 1. The van der Waals surface area contributed by atoms with E-state index in [1.807, 2.05) is 12.1 Å². The van der Waals surface area contributed by atoms with Gasteiger partial charge < -0.3 is 15.0 Å². The van der Waals surface area contributed by atoms with Gasteiger partial charge in [-0.15, -0.1) is 0 Å². The normalized spacial score (nSPS) is 25.6. The minimum absolute atomic E-state index is 0.0444. The van der Waals surface area contributed by atoms with E-state index in [4.69, 9.17) is 10.00 Å². The molecule has 2 saturated heterocycles. The Morgan fingerprint density at radius 3 is 2.65 bits per heavy atom. The van der Waals surface area contributed by atoms with Crippen molar-refractivity contribution in [1.29, 1.82) is 5.26 Å². The number of ether oxygens (including phenoxy) is 1. The van der Waals surface area contributed by atoms with Crippen molar-refractivity contribution in [3.63, 3.8) is 0 Å². The highest BCUT2D eigenvalue weighted by Crippen LogP contribution is 2.23. The number of hydrogen-bond donors (Lipinski definition) is 1. The lowest BCUT2D eigenvalue weighted by atomic mass is 9.95. The third-order valence-electron chi connectivity index (χ3n) is 5.00. The van der Waals surface area contributed by atoms with Gasteiger partial charge in [0.25, 0.3) is 0 Å². The molecule has 1 amide bonds. The molecule has 9 heteroatoms. The number of amides is 1. The molecule has 3 heterocycles. The number of sulfone groups is 1. The number of methoxy groups -OCH3 is 1. The van der Waals surface area contributed by atoms with Crippen LogP contribution in [0.1, 0.15) is 18.4 Å². The van der Waals surface area contributed by atoms with Crippen LogP contribution in [0.3, 0.4) is 0 Å². The third kappa shape index (κ3) is 4.14. The predicted octanol–water partition coefficient (Wildman–Crippen LogP) is 0.0979. The van der Waals surface area contributed by atoms with E-state index >= 15 is 0 Å². The summed E-state index contributed by atoms with van der Waals surface area (Å²) < 4.78 is 28.7. The van der Waals surface area contributed by atoms with Crippen LogP contribution >= 0.6 is 0 Å². The highest BCUT2D eigenvalue weighted by Gasteiger charge is 2.39. The summed E-state index contributed by atoms with van der Waals surface area (Å²) >= 11 is 0. The molecular formula is C17H22N4O4S. The van der Waals surface area contributed by atoms with Crippen LogP contribution in [0.15, 0.2) is 18.3 Å². The predicted molar refractivity (Wildman–Crippen MR) is 95.3 cm³/mol. The molecule has 0 bridgehead atoms. The maximum absolute atomic E-state index is 12.5. The average molecular weight is 378 g/mol. The number of nitrogens with one attached hydrogen (secondary N) is 1. The third-order valence-corrected chi connectivity index (χ3v) is 6.70. The molecule has 3 rings (SSSR count). The molecule has 2 unspecified atom stereocenters. The van der Waals surface area contributed by atoms with Gasteiger partial charge in [0.2, 0.25) is 5.91 Å². The lowest BCUT2D eigenvalue weighted by Gasteiger charge is -2.33. The summed E-state index contributed by atoms with van der Waals surface area (Å²) in [7, 11) is -1.70. The first-order valence-corrected chi connectivity index (χ1v) is 10.4. The fraction of sp³-hybridized carbons (Fsp3) is 0.588. The van der Waals surface area contributed by atoms with E-state index in [2.05, 4.69) is 15.2 Å². The average Bonchev–Trinajstić information content (AvgIpc) is 2.95. The molecule has 2 fully saturated rings. The number of anilines is 1. The number of pyridine rings is 1. The summed E-state index contributed by atoms with van der Waals surface area (Å²) in [4.78, 5) is 18.9.